The summed E-state index contributed by atoms with van der Waals surface area (Å²) in [6.45, 7) is 5.28. The summed E-state index contributed by atoms with van der Waals surface area (Å²) >= 11 is 0. The molecule has 0 amide bonds. The van der Waals surface area contributed by atoms with Crippen LogP contribution >= 0.6 is 0 Å². The molecule has 0 spiro atoms. The van der Waals surface area contributed by atoms with E-state index in [9.17, 15) is 0 Å². The van der Waals surface area contributed by atoms with Gasteiger partial charge in [-0.1, -0.05) is 54.1 Å². The first-order chi connectivity index (χ1) is 10.1. The fourth-order valence-corrected chi connectivity index (χ4v) is 2.41. The Labute approximate surface area is 129 Å². The third kappa shape index (κ3) is 4.69. The van der Waals surface area contributed by atoms with Crippen LogP contribution in [0.4, 0.5) is 0 Å². The Kier molecular flexibility index (Phi) is 5.54. The van der Waals surface area contributed by atoms with Gasteiger partial charge in [-0.15, -0.1) is 0 Å². The van der Waals surface area contributed by atoms with E-state index in [1.54, 1.807) is 0 Å². The average molecular weight is 282 g/mol. The molecule has 0 saturated heterocycles. The van der Waals surface area contributed by atoms with E-state index in [1.165, 1.54) is 22.3 Å². The van der Waals surface area contributed by atoms with Crippen molar-refractivity contribution in [3.63, 3.8) is 0 Å². The zero-order valence-corrected chi connectivity index (χ0v) is 13.6. The third-order valence-electron chi connectivity index (χ3n) is 3.75. The second kappa shape index (κ2) is 7.39. The van der Waals surface area contributed by atoms with Crippen LogP contribution in [0.5, 0.6) is 0 Å². The van der Waals surface area contributed by atoms with Gasteiger partial charge < -0.3 is 9.80 Å². The Hall–Kier alpha value is -1.64. The van der Waals surface area contributed by atoms with Crippen molar-refractivity contribution in [2.45, 2.75) is 13.5 Å². The van der Waals surface area contributed by atoms with E-state index in [1.807, 2.05) is 0 Å². The van der Waals surface area contributed by atoms with Gasteiger partial charge in [0.15, 0.2) is 0 Å². The van der Waals surface area contributed by atoms with Gasteiger partial charge in [0.2, 0.25) is 0 Å². The standard InChI is InChI=1S/C19H26N2/c1-16-9-11-17(12-10-16)19-8-6-5-7-18(19)15-21(4)14-13-20(2)3/h5-12H,13-15H2,1-4H3. The van der Waals surface area contributed by atoms with Gasteiger partial charge in [-0.2, -0.15) is 0 Å². The highest BCUT2D eigenvalue weighted by molar-refractivity contribution is 5.67. The molecule has 0 bridgehead atoms. The molecule has 0 radical (unpaired) electrons. The van der Waals surface area contributed by atoms with E-state index in [0.29, 0.717) is 0 Å². The van der Waals surface area contributed by atoms with Crippen LogP contribution in [0.2, 0.25) is 0 Å². The van der Waals surface area contributed by atoms with Gasteiger partial charge >= 0.3 is 0 Å². The fraction of sp³-hybridized carbons (Fsp3) is 0.368. The molecular formula is C19H26N2. The van der Waals surface area contributed by atoms with Gasteiger partial charge in [-0.25, -0.2) is 0 Å². The van der Waals surface area contributed by atoms with Crippen LogP contribution in [-0.2, 0) is 6.54 Å². The van der Waals surface area contributed by atoms with E-state index in [0.717, 1.165) is 19.6 Å². The summed E-state index contributed by atoms with van der Waals surface area (Å²) in [6.07, 6.45) is 0. The molecule has 2 aromatic carbocycles. The number of aryl methyl sites for hydroxylation is 1. The molecule has 0 aliphatic heterocycles. The molecule has 0 aliphatic rings. The zero-order chi connectivity index (χ0) is 15.2. The lowest BCUT2D eigenvalue weighted by atomic mass is 9.98. The molecule has 0 aromatic heterocycles. The van der Waals surface area contributed by atoms with Crippen LogP contribution in [0, 0.1) is 6.92 Å². The SMILES string of the molecule is Cc1ccc(-c2ccccc2CN(C)CCN(C)C)cc1. The number of hydrogen-bond donors (Lipinski definition) is 0. The second-order valence-electron chi connectivity index (χ2n) is 6.06. The Bertz CT molecular complexity index is 558. The predicted octanol–water partition coefficient (Wildman–Crippen LogP) is 3.66. The van der Waals surface area contributed by atoms with Crippen molar-refractivity contribution in [3.8, 4) is 11.1 Å². The summed E-state index contributed by atoms with van der Waals surface area (Å²) in [5, 5.41) is 0. The Morgan fingerprint density at radius 1 is 0.810 bits per heavy atom. The molecule has 0 atom stereocenters. The van der Waals surface area contributed by atoms with E-state index in [2.05, 4.69) is 86.4 Å². The van der Waals surface area contributed by atoms with Crippen molar-refractivity contribution in [1.82, 2.24) is 9.80 Å². The number of benzene rings is 2. The average Bonchev–Trinajstić information content (AvgIpc) is 2.47. The highest BCUT2D eigenvalue weighted by Gasteiger charge is 2.07. The Morgan fingerprint density at radius 3 is 2.14 bits per heavy atom. The number of likely N-dealkylation sites (N-methyl/N-ethyl adjacent to an activating group) is 2. The summed E-state index contributed by atoms with van der Waals surface area (Å²) in [4.78, 5) is 4.61. The van der Waals surface area contributed by atoms with Crippen molar-refractivity contribution in [3.05, 3.63) is 59.7 Å². The van der Waals surface area contributed by atoms with Gasteiger partial charge in [-0.3, -0.25) is 0 Å². The summed E-state index contributed by atoms with van der Waals surface area (Å²) in [5.74, 6) is 0. The van der Waals surface area contributed by atoms with Crippen molar-refractivity contribution < 1.29 is 0 Å². The number of rotatable bonds is 6. The monoisotopic (exact) mass is 282 g/mol. The van der Waals surface area contributed by atoms with Gasteiger partial charge in [-0.05, 0) is 44.8 Å². The first-order valence-electron chi connectivity index (χ1n) is 7.54. The quantitative estimate of drug-likeness (QED) is 0.798. The van der Waals surface area contributed by atoms with E-state index < -0.39 is 0 Å². The van der Waals surface area contributed by atoms with Crippen molar-refractivity contribution in [1.29, 1.82) is 0 Å². The second-order valence-corrected chi connectivity index (χ2v) is 6.06. The maximum atomic E-state index is 2.38. The highest BCUT2D eigenvalue weighted by atomic mass is 15.1. The molecule has 2 heteroatoms. The van der Waals surface area contributed by atoms with Crippen molar-refractivity contribution in [2.24, 2.45) is 0 Å². The normalized spacial score (nSPS) is 11.3. The zero-order valence-electron chi connectivity index (χ0n) is 13.6. The lowest BCUT2D eigenvalue weighted by Crippen LogP contribution is -2.28. The van der Waals surface area contributed by atoms with E-state index in [-0.39, 0.29) is 0 Å². The summed E-state index contributed by atoms with van der Waals surface area (Å²) in [5.41, 5.74) is 5.34. The number of hydrogen-bond acceptors (Lipinski definition) is 2. The molecular weight excluding hydrogens is 256 g/mol. The lowest BCUT2D eigenvalue weighted by Gasteiger charge is -2.21. The van der Waals surface area contributed by atoms with Crippen LogP contribution < -0.4 is 0 Å². The maximum absolute atomic E-state index is 2.38. The van der Waals surface area contributed by atoms with Crippen LogP contribution in [0.15, 0.2) is 48.5 Å². The maximum Gasteiger partial charge on any atom is 0.0237 e. The van der Waals surface area contributed by atoms with Crippen LogP contribution in [0.3, 0.4) is 0 Å². The van der Waals surface area contributed by atoms with Crippen molar-refractivity contribution in [2.75, 3.05) is 34.2 Å². The predicted molar refractivity (Wildman–Crippen MR) is 91.5 cm³/mol. The lowest BCUT2D eigenvalue weighted by molar-refractivity contribution is 0.276. The highest BCUT2D eigenvalue weighted by Crippen LogP contribution is 2.24. The molecule has 0 aliphatic carbocycles. The minimum atomic E-state index is 0.984. The molecule has 0 unspecified atom stereocenters. The number of nitrogens with zero attached hydrogens (tertiary/aromatic N) is 2. The van der Waals surface area contributed by atoms with Crippen LogP contribution in [0.1, 0.15) is 11.1 Å². The molecule has 2 rings (SSSR count). The van der Waals surface area contributed by atoms with Crippen molar-refractivity contribution >= 4 is 0 Å². The summed E-state index contributed by atoms with van der Waals surface area (Å²) in [7, 11) is 6.43. The Morgan fingerprint density at radius 2 is 1.48 bits per heavy atom. The molecule has 0 fully saturated rings. The minimum absolute atomic E-state index is 0.984. The minimum Gasteiger partial charge on any atom is -0.308 e. The first-order valence-corrected chi connectivity index (χ1v) is 7.54. The van der Waals surface area contributed by atoms with E-state index >= 15 is 0 Å². The molecule has 2 nitrogen and oxygen atoms in total. The van der Waals surface area contributed by atoms with E-state index in [4.69, 9.17) is 0 Å². The van der Waals surface area contributed by atoms with Crippen LogP contribution in [-0.4, -0.2) is 44.0 Å². The molecule has 21 heavy (non-hydrogen) atoms. The topological polar surface area (TPSA) is 6.48 Å². The largest absolute Gasteiger partial charge is 0.308 e. The fourth-order valence-electron chi connectivity index (χ4n) is 2.41. The summed E-state index contributed by atoms with van der Waals surface area (Å²) in [6, 6.07) is 17.5. The third-order valence-corrected chi connectivity index (χ3v) is 3.75. The molecule has 0 saturated carbocycles. The molecule has 2 aromatic rings. The van der Waals surface area contributed by atoms with Gasteiger partial charge in [0.25, 0.3) is 0 Å². The Balaban J connectivity index is 2.15. The summed E-state index contributed by atoms with van der Waals surface area (Å²) < 4.78 is 0. The van der Waals surface area contributed by atoms with Gasteiger partial charge in [0.1, 0.15) is 0 Å². The molecule has 112 valence electrons. The smallest absolute Gasteiger partial charge is 0.0237 e. The van der Waals surface area contributed by atoms with Gasteiger partial charge in [0.05, 0.1) is 0 Å². The van der Waals surface area contributed by atoms with Gasteiger partial charge in [0, 0.05) is 19.6 Å². The molecule has 0 N–H and O–H groups in total. The molecule has 0 heterocycles. The van der Waals surface area contributed by atoms with Crippen LogP contribution in [0.25, 0.3) is 11.1 Å². The first kappa shape index (κ1) is 15.7.